The lowest BCUT2D eigenvalue weighted by molar-refractivity contribution is -0.0436. The molecule has 7 rings (SSSR count). The fraction of sp³-hybridized carbons (Fsp3) is 0.392. The van der Waals surface area contributed by atoms with Crippen molar-refractivity contribution in [3.8, 4) is 11.1 Å². The number of sulfone groups is 1. The predicted molar refractivity (Wildman–Crippen MR) is 271 cm³/mol. The van der Waals surface area contributed by atoms with Crippen LogP contribution in [0.4, 0.5) is 24.5 Å². The highest BCUT2D eigenvalue weighted by molar-refractivity contribution is 7.99. The number of aliphatic hydroxyl groups is 1. The first-order chi connectivity index (χ1) is 33.4. The van der Waals surface area contributed by atoms with Crippen molar-refractivity contribution in [3.63, 3.8) is 0 Å². The number of nitrogens with zero attached hydrogens (tertiary/aromatic N) is 3. The number of anilines is 2. The predicted octanol–water partition coefficient (Wildman–Crippen LogP) is 9.37. The van der Waals surface area contributed by atoms with Gasteiger partial charge in [0.15, 0.2) is 0 Å². The van der Waals surface area contributed by atoms with E-state index in [2.05, 4.69) is 33.9 Å². The molecule has 19 heteroatoms. The van der Waals surface area contributed by atoms with Crippen LogP contribution in [-0.4, -0.2) is 120 Å². The molecule has 2 heterocycles. The largest absolute Gasteiger partial charge is 0.501 e. The number of ether oxygens (including phenoxy) is 1. The molecule has 2 aliphatic rings. The van der Waals surface area contributed by atoms with Crippen LogP contribution in [0.15, 0.2) is 136 Å². The third kappa shape index (κ3) is 13.4. The topological polar surface area (TPSA) is 149 Å². The average molecular weight is 1040 g/mol. The van der Waals surface area contributed by atoms with E-state index in [0.29, 0.717) is 75.4 Å². The van der Waals surface area contributed by atoms with E-state index in [1.807, 2.05) is 83.6 Å². The zero-order valence-corrected chi connectivity index (χ0v) is 42.2. The van der Waals surface area contributed by atoms with Gasteiger partial charge in [0, 0.05) is 72.2 Å². The summed E-state index contributed by atoms with van der Waals surface area (Å²) in [6, 6.07) is 32.7. The third-order valence-corrected chi connectivity index (χ3v) is 17.2. The maximum absolute atomic E-state index is 14.3. The number of halogens is 4. The number of likely N-dealkylation sites (N-methyl/N-ethyl adjacent to an activating group) is 1. The Bertz CT molecular complexity index is 2750. The number of benzene rings is 5. The molecule has 70 heavy (non-hydrogen) atoms. The number of carbonyl (C=O) groups excluding carboxylic acids is 1. The smallest absolute Gasteiger partial charge is 0.388 e. The summed E-state index contributed by atoms with van der Waals surface area (Å²) in [6.45, 7) is 10.3. The molecule has 0 radical (unpaired) electrons. The maximum Gasteiger partial charge on any atom is 0.501 e. The fourth-order valence-electron chi connectivity index (χ4n) is 8.91. The Morgan fingerprint density at radius 2 is 1.56 bits per heavy atom. The third-order valence-electron chi connectivity index (χ3n) is 12.9. The van der Waals surface area contributed by atoms with Crippen LogP contribution < -0.4 is 14.9 Å². The normalized spacial score (nSPS) is 17.3. The molecule has 0 saturated carbocycles. The minimum absolute atomic E-state index is 0.0204. The van der Waals surface area contributed by atoms with E-state index in [1.165, 1.54) is 23.9 Å². The highest BCUT2D eigenvalue weighted by Crippen LogP contribution is 2.39. The molecule has 3 N–H and O–H groups in total. The number of sulfonamides is 1. The van der Waals surface area contributed by atoms with Gasteiger partial charge in [0.25, 0.3) is 25.8 Å². The van der Waals surface area contributed by atoms with Crippen LogP contribution in [0, 0.1) is 5.92 Å². The minimum atomic E-state index is -6.10. The number of rotatable bonds is 20. The zero-order valence-electron chi connectivity index (χ0n) is 39.0. The fourth-order valence-corrected chi connectivity index (χ4v) is 12.0. The van der Waals surface area contributed by atoms with Crippen LogP contribution in [0.5, 0.6) is 0 Å². The minimum Gasteiger partial charge on any atom is -0.388 e. The lowest BCUT2D eigenvalue weighted by Gasteiger charge is -2.36. The van der Waals surface area contributed by atoms with Crippen molar-refractivity contribution in [1.29, 1.82) is 0 Å². The standard InChI is InChI=1S/C51H59ClF3N5O7S3/c1-3-58(4-2)33-42-34-59(30-31-67-42)27-26-40(35-68-43-10-6-5-7-11-43)56-47-23-22-44(32-48(47)69(63,64)51(53,54)55)70(65,66)57-50(62)38-16-20-41(21-17-38)60-28-24-37(25-29-60)49(61)46-13-9-8-12-45(46)36-14-18-39(52)19-15-36/h5-23,32,37,40,42,49,56,61H,3-4,24-31,33-35H2,1-2H3,(H,57,62)/t40-,42?,49?/m1/s1. The highest BCUT2D eigenvalue weighted by Gasteiger charge is 2.48. The molecule has 1 amide bonds. The van der Waals surface area contributed by atoms with E-state index in [1.54, 1.807) is 12.1 Å². The summed E-state index contributed by atoms with van der Waals surface area (Å²) in [6.07, 6.45) is 1.04. The van der Waals surface area contributed by atoms with Crippen molar-refractivity contribution in [1.82, 2.24) is 14.5 Å². The Morgan fingerprint density at radius 3 is 2.23 bits per heavy atom. The molecule has 5 aromatic rings. The molecule has 2 aliphatic heterocycles. The van der Waals surface area contributed by atoms with E-state index in [9.17, 15) is 39.9 Å². The van der Waals surface area contributed by atoms with Gasteiger partial charge >= 0.3 is 5.51 Å². The van der Waals surface area contributed by atoms with Crippen LogP contribution in [0.2, 0.25) is 5.02 Å². The van der Waals surface area contributed by atoms with Crippen molar-refractivity contribution in [2.45, 2.75) is 71.6 Å². The van der Waals surface area contributed by atoms with E-state index in [-0.39, 0.29) is 17.6 Å². The van der Waals surface area contributed by atoms with Crippen molar-refractivity contribution < 1.29 is 44.6 Å². The number of hydrogen-bond acceptors (Lipinski definition) is 12. The highest BCUT2D eigenvalue weighted by atomic mass is 35.5. The molecule has 3 atom stereocenters. The number of aliphatic hydroxyl groups excluding tert-OH is 1. The number of amides is 1. The van der Waals surface area contributed by atoms with Gasteiger partial charge < -0.3 is 25.0 Å². The molecule has 0 aliphatic carbocycles. The second kappa shape index (κ2) is 23.7. The summed E-state index contributed by atoms with van der Waals surface area (Å²) in [7, 11) is -11.0. The summed E-state index contributed by atoms with van der Waals surface area (Å²) in [5.74, 6) is -0.733. The van der Waals surface area contributed by atoms with E-state index in [0.717, 1.165) is 59.0 Å². The first-order valence-electron chi connectivity index (χ1n) is 23.4. The lowest BCUT2D eigenvalue weighted by Crippen LogP contribution is -2.48. The van der Waals surface area contributed by atoms with Gasteiger partial charge in [0.1, 0.15) is 4.90 Å². The Balaban J connectivity index is 1.03. The molecular formula is C51H59ClF3N5O7S3. The van der Waals surface area contributed by atoms with Gasteiger partial charge in [-0.3, -0.25) is 9.69 Å². The van der Waals surface area contributed by atoms with Crippen LogP contribution in [0.3, 0.4) is 0 Å². The Kier molecular flexibility index (Phi) is 18.0. The first-order valence-corrected chi connectivity index (χ1v) is 27.7. The van der Waals surface area contributed by atoms with Crippen molar-refractivity contribution in [2.75, 3.05) is 74.9 Å². The molecule has 2 fully saturated rings. The first kappa shape index (κ1) is 53.1. The van der Waals surface area contributed by atoms with Gasteiger partial charge in [-0.1, -0.05) is 80.0 Å². The molecule has 2 saturated heterocycles. The Labute approximate surface area is 418 Å². The molecular weight excluding hydrogens is 983 g/mol. The molecule has 0 bridgehead atoms. The number of hydrogen-bond donors (Lipinski definition) is 3. The average Bonchev–Trinajstić information content (AvgIpc) is 3.36. The van der Waals surface area contributed by atoms with Crippen LogP contribution in [-0.2, 0) is 24.6 Å². The molecule has 12 nitrogen and oxygen atoms in total. The molecule has 376 valence electrons. The van der Waals surface area contributed by atoms with Gasteiger partial charge in [-0.05, 0) is 122 Å². The van der Waals surface area contributed by atoms with Crippen molar-refractivity contribution in [2.24, 2.45) is 5.92 Å². The SMILES string of the molecule is CCN(CC)CC1CN(CC[C@H](CSc2ccccc2)Nc2ccc(S(=O)(=O)NC(=O)c3ccc(N4CCC(C(O)c5ccccc5-c5ccc(Cl)cc5)CC4)cc3)cc2S(=O)(=O)C(F)(F)F)CCO1. The maximum atomic E-state index is 14.3. The molecule has 0 aromatic heterocycles. The summed E-state index contributed by atoms with van der Waals surface area (Å²) in [4.78, 5) is 18.8. The van der Waals surface area contributed by atoms with Crippen molar-refractivity contribution >= 4 is 60.5 Å². The summed E-state index contributed by atoms with van der Waals surface area (Å²) < 4.78 is 105. The van der Waals surface area contributed by atoms with Crippen LogP contribution >= 0.6 is 23.4 Å². The second-order valence-electron chi connectivity index (χ2n) is 17.5. The van der Waals surface area contributed by atoms with E-state index >= 15 is 0 Å². The number of thioether (sulfide) groups is 1. The number of carbonyl (C=O) groups is 1. The quantitative estimate of drug-likeness (QED) is 0.0638. The second-order valence-corrected chi connectivity index (χ2v) is 22.6. The van der Waals surface area contributed by atoms with Crippen molar-refractivity contribution in [3.05, 3.63) is 137 Å². The van der Waals surface area contributed by atoms with E-state index in [4.69, 9.17) is 16.3 Å². The molecule has 5 aromatic carbocycles. The summed E-state index contributed by atoms with van der Waals surface area (Å²) >= 11 is 7.56. The number of nitrogens with one attached hydrogen (secondary N) is 2. The monoisotopic (exact) mass is 1040 g/mol. The molecule has 2 unspecified atom stereocenters. The van der Waals surface area contributed by atoms with Gasteiger partial charge in [-0.2, -0.15) is 13.2 Å². The zero-order chi connectivity index (χ0) is 50.1. The van der Waals surface area contributed by atoms with Gasteiger partial charge in [-0.15, -0.1) is 11.8 Å². The summed E-state index contributed by atoms with van der Waals surface area (Å²) in [5, 5.41) is 15.2. The summed E-state index contributed by atoms with van der Waals surface area (Å²) in [5.41, 5.74) is -2.75. The lowest BCUT2D eigenvalue weighted by atomic mass is 9.84. The van der Waals surface area contributed by atoms with Crippen LogP contribution in [0.25, 0.3) is 11.1 Å². The van der Waals surface area contributed by atoms with E-state index < -0.39 is 58.9 Å². The van der Waals surface area contributed by atoms with Gasteiger partial charge in [0.05, 0.1) is 29.4 Å². The van der Waals surface area contributed by atoms with Gasteiger partial charge in [-0.25, -0.2) is 21.6 Å². The number of alkyl halides is 3. The van der Waals surface area contributed by atoms with Gasteiger partial charge in [0.2, 0.25) is 0 Å². The number of morpholine rings is 1. The Hall–Kier alpha value is -4.66. The number of piperidine rings is 1. The van der Waals surface area contributed by atoms with Crippen LogP contribution in [0.1, 0.15) is 55.1 Å². The Morgan fingerprint density at radius 1 is 0.886 bits per heavy atom. The molecule has 0 spiro atoms.